The van der Waals surface area contributed by atoms with Gasteiger partial charge in [0.2, 0.25) is 5.60 Å². The summed E-state index contributed by atoms with van der Waals surface area (Å²) in [5, 5.41) is 10.0. The van der Waals surface area contributed by atoms with E-state index >= 15 is 8.78 Å². The number of halogens is 5. The Balaban J connectivity index is 1.69. The van der Waals surface area contributed by atoms with Crippen molar-refractivity contribution in [1.29, 1.82) is 0 Å². The smallest absolute Gasteiger partial charge is 0.435 e. The second-order valence-corrected chi connectivity index (χ2v) is 12.0. The van der Waals surface area contributed by atoms with Gasteiger partial charge in [-0.3, -0.25) is 9.09 Å². The zero-order chi connectivity index (χ0) is 30.9. The third-order valence-corrected chi connectivity index (χ3v) is 8.46. The molecule has 0 amide bonds. The number of aromatic nitrogens is 2. The summed E-state index contributed by atoms with van der Waals surface area (Å²) in [5.41, 5.74) is 0.309. The van der Waals surface area contributed by atoms with Gasteiger partial charge in [0.1, 0.15) is 28.8 Å². The number of aliphatic hydroxyl groups is 1. The molecular weight excluding hydrogens is 633 g/mol. The molecule has 3 N–H and O–H groups in total. The molecule has 18 heteroatoms. The highest BCUT2D eigenvalue weighted by atomic mass is 35.5. The number of alkyl halides is 4. The van der Waals surface area contributed by atoms with Crippen LogP contribution in [0.5, 0.6) is 23.0 Å². The average molecular weight is 656 g/mol. The number of rotatable bonds is 11. The number of hydrogen-bond acceptors (Lipinski definition) is 11. The molecule has 1 fully saturated rings. The van der Waals surface area contributed by atoms with Crippen molar-refractivity contribution in [2.45, 2.75) is 30.3 Å². The van der Waals surface area contributed by atoms with Crippen LogP contribution < -0.4 is 29.9 Å². The fourth-order valence-corrected chi connectivity index (χ4v) is 5.88. The van der Waals surface area contributed by atoms with E-state index in [4.69, 9.17) is 56.9 Å². The third-order valence-electron chi connectivity index (χ3n) is 6.09. The van der Waals surface area contributed by atoms with Crippen molar-refractivity contribution >= 4 is 35.9 Å². The summed E-state index contributed by atoms with van der Waals surface area (Å²) in [6.07, 6.45) is -8.59. The molecule has 2 heterocycles. The number of nitrogens with zero attached hydrogens (tertiary/aromatic N) is 2. The minimum Gasteiger partial charge on any atom is -0.497 e. The quantitative estimate of drug-likeness (QED) is 0.224. The molecule has 0 spiro atoms. The highest BCUT2D eigenvalue weighted by Crippen LogP contribution is 2.56. The maximum absolute atomic E-state index is 15.5. The van der Waals surface area contributed by atoms with Crippen molar-refractivity contribution in [3.8, 4) is 23.0 Å². The molecule has 0 unspecified atom stereocenters. The van der Waals surface area contributed by atoms with Crippen molar-refractivity contribution in [2.24, 2.45) is 0 Å². The van der Waals surface area contributed by atoms with E-state index in [1.165, 1.54) is 62.8 Å². The number of benzene rings is 2. The summed E-state index contributed by atoms with van der Waals surface area (Å²) in [5.74, 6) is -4.21. The number of methoxy groups -OCH3 is 2. The largest absolute Gasteiger partial charge is 0.497 e. The van der Waals surface area contributed by atoms with Gasteiger partial charge in [-0.15, -0.1) is 0 Å². The number of anilines is 1. The van der Waals surface area contributed by atoms with Gasteiger partial charge < -0.3 is 34.1 Å². The van der Waals surface area contributed by atoms with Crippen molar-refractivity contribution in [3.05, 3.63) is 70.2 Å². The van der Waals surface area contributed by atoms with Crippen molar-refractivity contribution < 1.29 is 50.5 Å². The molecule has 11 nitrogen and oxygen atoms in total. The van der Waals surface area contributed by atoms with Crippen LogP contribution in [-0.2, 0) is 21.1 Å². The van der Waals surface area contributed by atoms with E-state index in [-0.39, 0.29) is 16.5 Å². The molecule has 0 saturated carbocycles. The highest BCUT2D eigenvalue weighted by molar-refractivity contribution is 8.07. The zero-order valence-electron chi connectivity index (χ0n) is 21.7. The normalized spacial score (nSPS) is 21.7. The molecule has 228 valence electrons. The second-order valence-electron chi connectivity index (χ2n) is 8.68. The zero-order valence-corrected chi connectivity index (χ0v) is 24.1. The molecule has 0 radical (unpaired) electrons. The van der Waals surface area contributed by atoms with Gasteiger partial charge in [0.25, 0.3) is 6.43 Å². The van der Waals surface area contributed by atoms with Crippen LogP contribution in [0.25, 0.3) is 0 Å². The van der Waals surface area contributed by atoms with Gasteiger partial charge in [-0.1, -0.05) is 11.6 Å². The van der Waals surface area contributed by atoms with Gasteiger partial charge in [0, 0.05) is 18.0 Å². The Hall–Kier alpha value is -3.14. The van der Waals surface area contributed by atoms with E-state index in [0.29, 0.717) is 16.1 Å². The molecule has 1 aromatic heterocycles. The van der Waals surface area contributed by atoms with Crippen LogP contribution in [0, 0.1) is 0 Å². The minimum atomic E-state index is -4.71. The number of ether oxygens (including phenoxy) is 3. The van der Waals surface area contributed by atoms with Crippen LogP contribution in [0.3, 0.4) is 0 Å². The van der Waals surface area contributed by atoms with Crippen molar-refractivity contribution in [1.82, 2.24) is 9.55 Å². The minimum absolute atomic E-state index is 0.0323. The van der Waals surface area contributed by atoms with Crippen LogP contribution in [0.4, 0.5) is 23.4 Å². The van der Waals surface area contributed by atoms with Gasteiger partial charge in [-0.05, 0) is 48.5 Å². The molecule has 1 saturated heterocycles. The first kappa shape index (κ1) is 31.8. The lowest BCUT2D eigenvalue weighted by Gasteiger charge is -2.34. The molecule has 0 bridgehead atoms. The monoisotopic (exact) mass is 655 g/mol. The van der Waals surface area contributed by atoms with E-state index in [1.807, 2.05) is 0 Å². The standard InChI is InChI=1S/C24H23ClF4N3O8PS/c1-35-13-3-7-15(8-4-13)39-41(42,40-16-9-5-14(36-2)6-10-16)37-12-23(21(26)27)24(28,29)18(33)20(38-23)32-11-17(25)19(30)31-22(32)34/h3-11,18,20-21,33H,12H2,1-2H3,(H2,30,31,34)/t18-,20-,23+/m1/s1. The molecule has 4 rings (SSSR count). The number of nitrogens with two attached hydrogens (primary N) is 1. The molecule has 1 aliphatic rings. The molecule has 0 aliphatic carbocycles. The number of aliphatic hydroxyl groups excluding tert-OH is 1. The Bertz CT molecular complexity index is 1470. The van der Waals surface area contributed by atoms with Crippen LogP contribution in [0.2, 0.25) is 5.02 Å². The van der Waals surface area contributed by atoms with Crippen LogP contribution in [-0.4, -0.2) is 59.5 Å². The van der Waals surface area contributed by atoms with Crippen molar-refractivity contribution in [2.75, 3.05) is 26.6 Å². The van der Waals surface area contributed by atoms with Gasteiger partial charge in [0.15, 0.2) is 12.3 Å². The first-order chi connectivity index (χ1) is 19.7. The fraction of sp³-hybridized carbons (Fsp3) is 0.333. The molecule has 42 heavy (non-hydrogen) atoms. The SMILES string of the molecule is COc1ccc(OP(=S)(OC[C@@]2(C(F)F)O[C@@H](n3cc(Cl)c(N)nc3=O)[C@@H](O)C2(F)F)Oc2ccc(OC)cc2)cc1. The van der Waals surface area contributed by atoms with E-state index in [9.17, 15) is 18.7 Å². The number of hydrogen-bond donors (Lipinski definition) is 2. The van der Waals surface area contributed by atoms with Gasteiger partial charge in [-0.25, -0.2) is 13.6 Å². The summed E-state index contributed by atoms with van der Waals surface area (Å²) in [4.78, 5) is 15.6. The predicted octanol–water partition coefficient (Wildman–Crippen LogP) is 4.42. The second kappa shape index (κ2) is 12.2. The molecule has 2 aromatic carbocycles. The highest BCUT2D eigenvalue weighted by Gasteiger charge is 2.74. The lowest BCUT2D eigenvalue weighted by atomic mass is 9.95. The summed E-state index contributed by atoms with van der Waals surface area (Å²) in [7, 11) is 2.84. The maximum Gasteiger partial charge on any atom is 0.435 e. The first-order valence-corrected chi connectivity index (χ1v) is 14.7. The topological polar surface area (TPSA) is 137 Å². The predicted molar refractivity (Wildman–Crippen MR) is 145 cm³/mol. The van der Waals surface area contributed by atoms with Crippen molar-refractivity contribution in [3.63, 3.8) is 0 Å². The molecule has 3 aromatic rings. The fourth-order valence-electron chi connectivity index (χ4n) is 3.80. The molecular formula is C24H23ClF4N3O8PS. The van der Waals surface area contributed by atoms with Crippen LogP contribution in [0.1, 0.15) is 6.23 Å². The summed E-state index contributed by atoms with van der Waals surface area (Å²) in [6, 6.07) is 11.5. The Morgan fingerprint density at radius 2 is 1.55 bits per heavy atom. The Morgan fingerprint density at radius 1 is 1.07 bits per heavy atom. The Labute approximate surface area is 245 Å². The van der Waals surface area contributed by atoms with E-state index in [0.717, 1.165) is 6.20 Å². The van der Waals surface area contributed by atoms with Gasteiger partial charge in [0.05, 0.1) is 25.8 Å². The van der Waals surface area contributed by atoms with Gasteiger partial charge >= 0.3 is 18.3 Å². The van der Waals surface area contributed by atoms with Crippen LogP contribution in [0.15, 0.2) is 59.5 Å². The van der Waals surface area contributed by atoms with Gasteiger partial charge in [-0.2, -0.15) is 13.8 Å². The summed E-state index contributed by atoms with van der Waals surface area (Å²) in [6.45, 7) is -5.87. The summed E-state index contributed by atoms with van der Waals surface area (Å²) >= 11 is 11.2. The maximum atomic E-state index is 15.5. The third kappa shape index (κ3) is 6.14. The molecule has 1 aliphatic heterocycles. The van der Waals surface area contributed by atoms with E-state index in [2.05, 4.69) is 4.98 Å². The Morgan fingerprint density at radius 3 is 2.00 bits per heavy atom. The molecule has 3 atom stereocenters. The van der Waals surface area contributed by atoms with E-state index < -0.39 is 55.1 Å². The lowest BCUT2D eigenvalue weighted by molar-refractivity contribution is -0.242. The van der Waals surface area contributed by atoms with Crippen LogP contribution >= 0.6 is 18.3 Å². The lowest BCUT2D eigenvalue weighted by Crippen LogP contribution is -2.57. The Kier molecular flexibility index (Phi) is 9.25. The number of nitrogen functional groups attached to an aromatic ring is 1. The van der Waals surface area contributed by atoms with E-state index in [1.54, 1.807) is 0 Å². The first-order valence-electron chi connectivity index (χ1n) is 11.7. The summed E-state index contributed by atoms with van der Waals surface area (Å²) < 4.78 is 92.3. The average Bonchev–Trinajstić information content (AvgIpc) is 3.16.